The van der Waals surface area contributed by atoms with Crippen LogP contribution in [0.3, 0.4) is 0 Å². The van der Waals surface area contributed by atoms with Gasteiger partial charge in [-0.3, -0.25) is 9.69 Å². The van der Waals surface area contributed by atoms with Gasteiger partial charge in [-0.25, -0.2) is 0 Å². The molecule has 0 unspecified atom stereocenters. The second kappa shape index (κ2) is 6.82. The van der Waals surface area contributed by atoms with E-state index >= 15 is 0 Å². The molecule has 1 aliphatic rings. The summed E-state index contributed by atoms with van der Waals surface area (Å²) < 4.78 is 0. The van der Waals surface area contributed by atoms with Crippen molar-refractivity contribution < 1.29 is 4.79 Å². The Labute approximate surface area is 139 Å². The number of likely N-dealkylation sites (tertiary alicyclic amines) is 1. The van der Waals surface area contributed by atoms with Crippen LogP contribution in [0.1, 0.15) is 29.3 Å². The molecule has 3 nitrogen and oxygen atoms in total. The zero-order valence-corrected chi connectivity index (χ0v) is 14.1. The van der Waals surface area contributed by atoms with E-state index in [0.717, 1.165) is 24.9 Å². The number of rotatable bonds is 4. The molecular weight excluding hydrogens is 316 g/mol. The number of nitrogens with one attached hydrogen (secondary N) is 1. The number of carbonyl (C=O) groups is 1. The van der Waals surface area contributed by atoms with Crippen molar-refractivity contribution in [1.29, 1.82) is 0 Å². The van der Waals surface area contributed by atoms with Crippen molar-refractivity contribution in [1.82, 2.24) is 4.90 Å². The minimum absolute atomic E-state index is 0.00536. The predicted molar refractivity (Wildman–Crippen MR) is 92.7 cm³/mol. The molecule has 1 aromatic carbocycles. The minimum Gasteiger partial charge on any atom is -0.324 e. The number of benzene rings is 1. The number of aryl methyl sites for hydroxylation is 1. The molecule has 2 heterocycles. The Morgan fingerprint density at radius 2 is 2.32 bits per heavy atom. The lowest BCUT2D eigenvalue weighted by molar-refractivity contribution is -0.117. The van der Waals surface area contributed by atoms with E-state index in [1.807, 2.05) is 25.1 Å². The molecule has 3 rings (SSSR count). The van der Waals surface area contributed by atoms with Gasteiger partial charge in [-0.05, 0) is 55.5 Å². The number of nitrogens with zero attached hydrogens (tertiary/aromatic N) is 1. The molecule has 2 aromatic rings. The summed E-state index contributed by atoms with van der Waals surface area (Å²) in [7, 11) is 0. The maximum absolute atomic E-state index is 12.3. The van der Waals surface area contributed by atoms with Crippen LogP contribution in [0.15, 0.2) is 35.7 Å². The SMILES string of the molecule is Cc1ccc(NC(=O)CN2CCC[C@H]2c2cccs2)c(Cl)c1. The number of hydrogen-bond acceptors (Lipinski definition) is 3. The van der Waals surface area contributed by atoms with E-state index in [0.29, 0.717) is 23.3 Å². The molecule has 1 amide bonds. The van der Waals surface area contributed by atoms with Crippen molar-refractivity contribution in [3.05, 3.63) is 51.2 Å². The Morgan fingerprint density at radius 3 is 3.05 bits per heavy atom. The molecular formula is C17H19ClN2OS. The maximum Gasteiger partial charge on any atom is 0.238 e. The van der Waals surface area contributed by atoms with Crippen molar-refractivity contribution >= 4 is 34.5 Å². The molecule has 1 aromatic heterocycles. The van der Waals surface area contributed by atoms with Gasteiger partial charge in [0.15, 0.2) is 0 Å². The molecule has 1 fully saturated rings. The van der Waals surface area contributed by atoms with Gasteiger partial charge in [0.25, 0.3) is 0 Å². The fourth-order valence-corrected chi connectivity index (χ4v) is 4.09. The largest absolute Gasteiger partial charge is 0.324 e. The standard InChI is InChI=1S/C17H19ClN2OS/c1-12-6-7-14(13(18)10-12)19-17(21)11-20-8-2-4-15(20)16-5-3-9-22-16/h3,5-7,9-10,15H,2,4,8,11H2,1H3,(H,19,21)/t15-/m0/s1. The average molecular weight is 335 g/mol. The predicted octanol–water partition coefficient (Wildman–Crippen LogP) is 4.49. The lowest BCUT2D eigenvalue weighted by atomic mass is 10.2. The van der Waals surface area contributed by atoms with Crippen LogP contribution in [-0.2, 0) is 4.79 Å². The normalized spacial score (nSPS) is 18.5. The first kappa shape index (κ1) is 15.5. The lowest BCUT2D eigenvalue weighted by Crippen LogP contribution is -2.32. The van der Waals surface area contributed by atoms with E-state index in [9.17, 15) is 4.79 Å². The van der Waals surface area contributed by atoms with Gasteiger partial charge in [-0.15, -0.1) is 11.3 Å². The molecule has 22 heavy (non-hydrogen) atoms. The molecule has 1 saturated heterocycles. The van der Waals surface area contributed by atoms with Crippen molar-refractivity contribution in [3.63, 3.8) is 0 Å². The van der Waals surface area contributed by atoms with Crippen LogP contribution in [0.5, 0.6) is 0 Å². The van der Waals surface area contributed by atoms with Gasteiger partial charge < -0.3 is 5.32 Å². The number of carbonyl (C=O) groups excluding carboxylic acids is 1. The molecule has 0 bridgehead atoms. The van der Waals surface area contributed by atoms with Crippen LogP contribution in [0, 0.1) is 6.92 Å². The van der Waals surface area contributed by atoms with Gasteiger partial charge >= 0.3 is 0 Å². The highest BCUT2D eigenvalue weighted by molar-refractivity contribution is 7.10. The van der Waals surface area contributed by atoms with Crippen LogP contribution in [0.4, 0.5) is 5.69 Å². The summed E-state index contributed by atoms with van der Waals surface area (Å²) in [6.07, 6.45) is 2.26. The molecule has 0 spiro atoms. The first-order valence-electron chi connectivity index (χ1n) is 7.47. The zero-order chi connectivity index (χ0) is 15.5. The summed E-state index contributed by atoms with van der Waals surface area (Å²) in [5.41, 5.74) is 1.77. The van der Waals surface area contributed by atoms with Crippen molar-refractivity contribution in [2.24, 2.45) is 0 Å². The monoisotopic (exact) mass is 334 g/mol. The molecule has 0 aliphatic carbocycles. The Hall–Kier alpha value is -1.36. The van der Waals surface area contributed by atoms with E-state index in [4.69, 9.17) is 11.6 Å². The minimum atomic E-state index is -0.00536. The molecule has 116 valence electrons. The van der Waals surface area contributed by atoms with E-state index in [-0.39, 0.29) is 5.91 Å². The van der Waals surface area contributed by atoms with Gasteiger partial charge in [-0.1, -0.05) is 23.7 Å². The summed E-state index contributed by atoms with van der Waals surface area (Å²) in [5, 5.41) is 5.60. The summed E-state index contributed by atoms with van der Waals surface area (Å²) in [6, 6.07) is 10.3. The number of anilines is 1. The molecule has 0 radical (unpaired) electrons. The van der Waals surface area contributed by atoms with Crippen molar-refractivity contribution in [3.8, 4) is 0 Å². The smallest absolute Gasteiger partial charge is 0.238 e. The van der Waals surface area contributed by atoms with Gasteiger partial charge in [0, 0.05) is 10.9 Å². The van der Waals surface area contributed by atoms with E-state index in [1.54, 1.807) is 11.3 Å². The second-order valence-electron chi connectivity index (χ2n) is 5.68. The summed E-state index contributed by atoms with van der Waals surface area (Å²) in [6.45, 7) is 3.36. The number of hydrogen-bond donors (Lipinski definition) is 1. The molecule has 1 atom stereocenters. The van der Waals surface area contributed by atoms with E-state index < -0.39 is 0 Å². The second-order valence-corrected chi connectivity index (χ2v) is 7.06. The number of halogens is 1. The maximum atomic E-state index is 12.3. The van der Waals surface area contributed by atoms with Crippen LogP contribution in [0.25, 0.3) is 0 Å². The first-order chi connectivity index (χ1) is 10.6. The highest BCUT2D eigenvalue weighted by Crippen LogP contribution is 2.34. The third-order valence-electron chi connectivity index (χ3n) is 3.98. The Bertz CT molecular complexity index is 657. The third-order valence-corrected chi connectivity index (χ3v) is 5.27. The van der Waals surface area contributed by atoms with Crippen LogP contribution < -0.4 is 5.32 Å². The topological polar surface area (TPSA) is 32.3 Å². The van der Waals surface area contributed by atoms with Gasteiger partial charge in [0.1, 0.15) is 0 Å². The quantitative estimate of drug-likeness (QED) is 0.893. The zero-order valence-electron chi connectivity index (χ0n) is 12.5. The molecule has 1 aliphatic heterocycles. The van der Waals surface area contributed by atoms with E-state index in [1.165, 1.54) is 4.88 Å². The summed E-state index contributed by atoms with van der Waals surface area (Å²) in [5.74, 6) is -0.00536. The highest BCUT2D eigenvalue weighted by atomic mass is 35.5. The fourth-order valence-electron chi connectivity index (χ4n) is 2.91. The van der Waals surface area contributed by atoms with Crippen molar-refractivity contribution in [2.45, 2.75) is 25.8 Å². The van der Waals surface area contributed by atoms with Gasteiger partial charge in [0.05, 0.1) is 17.3 Å². The Morgan fingerprint density at radius 1 is 1.45 bits per heavy atom. The molecule has 1 N–H and O–H groups in total. The van der Waals surface area contributed by atoms with Crippen LogP contribution in [-0.4, -0.2) is 23.9 Å². The van der Waals surface area contributed by atoms with Gasteiger partial charge in [-0.2, -0.15) is 0 Å². The van der Waals surface area contributed by atoms with Crippen molar-refractivity contribution in [2.75, 3.05) is 18.4 Å². The first-order valence-corrected chi connectivity index (χ1v) is 8.73. The summed E-state index contributed by atoms with van der Waals surface area (Å²) in [4.78, 5) is 15.9. The van der Waals surface area contributed by atoms with Crippen LogP contribution >= 0.6 is 22.9 Å². The third kappa shape index (κ3) is 3.51. The Kier molecular flexibility index (Phi) is 4.81. The van der Waals surface area contributed by atoms with E-state index in [2.05, 4.69) is 27.7 Å². The number of thiophene rings is 1. The fraction of sp³-hybridized carbons (Fsp3) is 0.353. The molecule has 0 saturated carbocycles. The van der Waals surface area contributed by atoms with Crippen LogP contribution in [0.2, 0.25) is 5.02 Å². The van der Waals surface area contributed by atoms with Gasteiger partial charge in [0.2, 0.25) is 5.91 Å². The Balaban J connectivity index is 1.64. The average Bonchev–Trinajstić information content (AvgIpc) is 3.12. The highest BCUT2D eigenvalue weighted by Gasteiger charge is 2.28. The summed E-state index contributed by atoms with van der Waals surface area (Å²) >= 11 is 7.94. The number of amides is 1. The molecule has 5 heteroatoms. The lowest BCUT2D eigenvalue weighted by Gasteiger charge is -2.23.